The maximum absolute atomic E-state index is 13.6. The summed E-state index contributed by atoms with van der Waals surface area (Å²) in [6.07, 6.45) is -3.45. The Morgan fingerprint density at radius 2 is 1.71 bits per heavy atom. The van der Waals surface area contributed by atoms with Gasteiger partial charge in [0.05, 0.1) is 12.1 Å². The van der Waals surface area contributed by atoms with Crippen LogP contribution in [0, 0.1) is 17.5 Å². The van der Waals surface area contributed by atoms with Gasteiger partial charge in [0.2, 0.25) is 0 Å². The lowest BCUT2D eigenvalue weighted by Gasteiger charge is -2.13. The monoisotopic (exact) mass is 399 g/mol. The normalized spacial score (nSPS) is 11.5. The Bertz CT molecular complexity index is 1010. The van der Waals surface area contributed by atoms with E-state index in [0.717, 1.165) is 28.9 Å². The zero-order valence-electron chi connectivity index (χ0n) is 13.9. The predicted molar refractivity (Wildman–Crippen MR) is 87.0 cm³/mol. The van der Waals surface area contributed by atoms with Crippen molar-refractivity contribution >= 4 is 11.7 Å². The van der Waals surface area contributed by atoms with Crippen LogP contribution in [0.3, 0.4) is 0 Å². The molecule has 0 atom stereocenters. The SMILES string of the molecule is O=C(Nc1ccn(Cc2cc(F)ccc2C(F)(F)F)n1)c1c(F)cccc1F. The van der Waals surface area contributed by atoms with Crippen LogP contribution in [0.5, 0.6) is 0 Å². The third-order valence-corrected chi connectivity index (χ3v) is 3.78. The van der Waals surface area contributed by atoms with E-state index in [2.05, 4.69) is 10.4 Å². The first-order valence-corrected chi connectivity index (χ1v) is 7.79. The van der Waals surface area contributed by atoms with E-state index in [1.807, 2.05) is 0 Å². The van der Waals surface area contributed by atoms with Crippen LogP contribution in [0.25, 0.3) is 0 Å². The first-order chi connectivity index (χ1) is 13.1. The number of aromatic nitrogens is 2. The topological polar surface area (TPSA) is 46.9 Å². The van der Waals surface area contributed by atoms with Crippen LogP contribution < -0.4 is 5.32 Å². The van der Waals surface area contributed by atoms with Crippen molar-refractivity contribution in [2.24, 2.45) is 0 Å². The summed E-state index contributed by atoms with van der Waals surface area (Å²) in [4.78, 5) is 12.0. The molecule has 1 heterocycles. The van der Waals surface area contributed by atoms with Gasteiger partial charge >= 0.3 is 6.18 Å². The molecular weight excluding hydrogens is 388 g/mol. The minimum Gasteiger partial charge on any atom is -0.305 e. The van der Waals surface area contributed by atoms with Crippen molar-refractivity contribution in [3.05, 3.63) is 82.8 Å². The number of amides is 1. The number of benzene rings is 2. The average molecular weight is 399 g/mol. The highest BCUT2D eigenvalue weighted by Crippen LogP contribution is 2.32. The molecule has 0 bridgehead atoms. The molecular formula is C18H11F6N3O. The number of alkyl halides is 3. The van der Waals surface area contributed by atoms with Crippen molar-refractivity contribution in [2.75, 3.05) is 5.32 Å². The fraction of sp³-hybridized carbons (Fsp3) is 0.111. The number of carbonyl (C=O) groups excluding carboxylic acids is 1. The lowest BCUT2D eigenvalue weighted by molar-refractivity contribution is -0.138. The van der Waals surface area contributed by atoms with Crippen molar-refractivity contribution in [3.63, 3.8) is 0 Å². The molecule has 10 heteroatoms. The molecule has 4 nitrogen and oxygen atoms in total. The summed E-state index contributed by atoms with van der Waals surface area (Å²) < 4.78 is 80.8. The van der Waals surface area contributed by atoms with Crippen LogP contribution in [0.4, 0.5) is 32.2 Å². The summed E-state index contributed by atoms with van der Waals surface area (Å²) in [5.41, 5.74) is -2.21. The smallest absolute Gasteiger partial charge is 0.305 e. The zero-order chi connectivity index (χ0) is 20.5. The number of nitrogens with zero attached hydrogens (tertiary/aromatic N) is 2. The van der Waals surface area contributed by atoms with Crippen LogP contribution >= 0.6 is 0 Å². The van der Waals surface area contributed by atoms with Crippen LogP contribution in [0.1, 0.15) is 21.5 Å². The number of anilines is 1. The highest BCUT2D eigenvalue weighted by Gasteiger charge is 2.33. The van der Waals surface area contributed by atoms with E-state index in [9.17, 15) is 31.1 Å². The molecule has 3 rings (SSSR count). The first-order valence-electron chi connectivity index (χ1n) is 7.79. The van der Waals surface area contributed by atoms with E-state index in [-0.39, 0.29) is 11.4 Å². The largest absolute Gasteiger partial charge is 0.416 e. The summed E-state index contributed by atoms with van der Waals surface area (Å²) in [5.74, 6) is -4.25. The van der Waals surface area contributed by atoms with Gasteiger partial charge < -0.3 is 5.32 Å². The van der Waals surface area contributed by atoms with Gasteiger partial charge in [0.15, 0.2) is 5.82 Å². The molecule has 3 aromatic rings. The number of carbonyl (C=O) groups is 1. The Morgan fingerprint density at radius 1 is 1.04 bits per heavy atom. The molecule has 0 fully saturated rings. The summed E-state index contributed by atoms with van der Waals surface area (Å²) in [6.45, 7) is -0.434. The third-order valence-electron chi connectivity index (χ3n) is 3.78. The lowest BCUT2D eigenvalue weighted by atomic mass is 10.1. The molecule has 1 N–H and O–H groups in total. The number of rotatable bonds is 4. The van der Waals surface area contributed by atoms with Gasteiger partial charge in [0, 0.05) is 12.3 Å². The Kier molecular flexibility index (Phi) is 5.12. The van der Waals surface area contributed by atoms with Gasteiger partial charge in [0.1, 0.15) is 23.0 Å². The second kappa shape index (κ2) is 7.37. The molecule has 0 unspecified atom stereocenters. The molecule has 0 aliphatic carbocycles. The van der Waals surface area contributed by atoms with E-state index < -0.39 is 47.2 Å². The predicted octanol–water partition coefficient (Wildman–Crippen LogP) is 4.62. The third kappa shape index (κ3) is 4.16. The highest BCUT2D eigenvalue weighted by atomic mass is 19.4. The van der Waals surface area contributed by atoms with Crippen LogP contribution in [-0.2, 0) is 12.7 Å². The van der Waals surface area contributed by atoms with E-state index in [4.69, 9.17) is 0 Å². The molecule has 1 aromatic heterocycles. The standard InChI is InChI=1S/C18H11F6N3O/c19-11-4-5-12(18(22,23)24)10(8-11)9-27-7-6-15(26-27)25-17(28)16-13(20)2-1-3-14(16)21/h1-8H,9H2,(H,25,26,28). The van der Waals surface area contributed by atoms with Crippen molar-refractivity contribution in [3.8, 4) is 0 Å². The van der Waals surface area contributed by atoms with E-state index >= 15 is 0 Å². The number of halogens is 6. The van der Waals surface area contributed by atoms with Crippen molar-refractivity contribution < 1.29 is 31.1 Å². The molecule has 0 saturated heterocycles. The number of nitrogens with one attached hydrogen (secondary N) is 1. The van der Waals surface area contributed by atoms with Crippen molar-refractivity contribution in [2.45, 2.75) is 12.7 Å². The fourth-order valence-corrected chi connectivity index (χ4v) is 2.55. The Labute approximate surface area is 154 Å². The molecule has 0 saturated carbocycles. The molecule has 0 spiro atoms. The summed E-state index contributed by atoms with van der Waals surface area (Å²) in [5, 5.41) is 5.99. The van der Waals surface area contributed by atoms with Crippen LogP contribution in [0.2, 0.25) is 0 Å². The molecule has 28 heavy (non-hydrogen) atoms. The van der Waals surface area contributed by atoms with Gasteiger partial charge in [-0.3, -0.25) is 9.48 Å². The molecule has 0 aliphatic rings. The highest BCUT2D eigenvalue weighted by molar-refractivity contribution is 6.04. The second-order valence-electron chi connectivity index (χ2n) is 5.75. The van der Waals surface area contributed by atoms with E-state index in [0.29, 0.717) is 12.1 Å². The average Bonchev–Trinajstić information content (AvgIpc) is 3.00. The van der Waals surface area contributed by atoms with Gasteiger partial charge in [-0.1, -0.05) is 6.07 Å². The fourth-order valence-electron chi connectivity index (χ4n) is 2.55. The zero-order valence-corrected chi connectivity index (χ0v) is 13.9. The molecule has 2 aromatic carbocycles. The van der Waals surface area contributed by atoms with Crippen LogP contribution in [-0.4, -0.2) is 15.7 Å². The summed E-state index contributed by atoms with van der Waals surface area (Å²) >= 11 is 0. The minimum atomic E-state index is -4.68. The maximum Gasteiger partial charge on any atom is 0.416 e. The van der Waals surface area contributed by atoms with Crippen molar-refractivity contribution in [1.82, 2.24) is 9.78 Å². The minimum absolute atomic E-state index is 0.141. The van der Waals surface area contributed by atoms with Gasteiger partial charge in [-0.2, -0.15) is 18.3 Å². The van der Waals surface area contributed by atoms with E-state index in [1.165, 1.54) is 12.3 Å². The number of hydrogen-bond acceptors (Lipinski definition) is 2. The lowest BCUT2D eigenvalue weighted by Crippen LogP contribution is -2.16. The maximum atomic E-state index is 13.6. The van der Waals surface area contributed by atoms with Gasteiger partial charge in [-0.25, -0.2) is 13.2 Å². The molecule has 0 radical (unpaired) electrons. The number of hydrogen-bond donors (Lipinski definition) is 1. The van der Waals surface area contributed by atoms with Crippen molar-refractivity contribution in [1.29, 1.82) is 0 Å². The van der Waals surface area contributed by atoms with Crippen LogP contribution in [0.15, 0.2) is 48.7 Å². The summed E-state index contributed by atoms with van der Waals surface area (Å²) in [7, 11) is 0. The first kappa shape index (κ1) is 19.5. The molecule has 0 aliphatic heterocycles. The molecule has 1 amide bonds. The Balaban J connectivity index is 1.81. The second-order valence-corrected chi connectivity index (χ2v) is 5.75. The van der Waals surface area contributed by atoms with Gasteiger partial charge in [-0.05, 0) is 35.9 Å². The van der Waals surface area contributed by atoms with Gasteiger partial charge in [-0.15, -0.1) is 0 Å². The Morgan fingerprint density at radius 3 is 2.36 bits per heavy atom. The molecule has 146 valence electrons. The van der Waals surface area contributed by atoms with Gasteiger partial charge in [0.25, 0.3) is 5.91 Å². The van der Waals surface area contributed by atoms with E-state index in [1.54, 1.807) is 0 Å². The Hall–Kier alpha value is -3.30. The quantitative estimate of drug-likeness (QED) is 0.651. The summed E-state index contributed by atoms with van der Waals surface area (Å²) in [6, 6.07) is 6.17.